The van der Waals surface area contributed by atoms with Crippen LogP contribution in [0.1, 0.15) is 6.92 Å². The molecule has 8 nitrogen and oxygen atoms in total. The highest BCUT2D eigenvalue weighted by Crippen LogP contribution is 2.33. The lowest BCUT2D eigenvalue weighted by molar-refractivity contribution is -0.144. The number of amides is 3. The van der Waals surface area contributed by atoms with Crippen LogP contribution in [0.25, 0.3) is 0 Å². The van der Waals surface area contributed by atoms with Gasteiger partial charge in [-0.05, 0) is 19.1 Å². The number of aliphatic carboxylic acids is 1. The third-order valence-electron chi connectivity index (χ3n) is 3.06. The summed E-state index contributed by atoms with van der Waals surface area (Å²) in [7, 11) is 0. The number of nitrogens with two attached hydrogens (primary N) is 1. The SMILES string of the molecule is CC(NC(=O)N1CC(C(=O)O)Oc2ccccc21)C(N)=O. The zero-order valence-electron chi connectivity index (χ0n) is 11.3. The number of ether oxygens (including phenoxy) is 1. The number of carbonyl (C=O) groups excluding carboxylic acids is 2. The van der Waals surface area contributed by atoms with Crippen molar-refractivity contribution in [3.8, 4) is 5.75 Å². The Kier molecular flexibility index (Phi) is 3.97. The zero-order valence-corrected chi connectivity index (χ0v) is 11.3. The molecule has 0 radical (unpaired) electrons. The van der Waals surface area contributed by atoms with Crippen molar-refractivity contribution in [2.45, 2.75) is 19.1 Å². The van der Waals surface area contributed by atoms with Gasteiger partial charge in [0.05, 0.1) is 12.2 Å². The van der Waals surface area contributed by atoms with E-state index in [1.54, 1.807) is 24.3 Å². The molecule has 21 heavy (non-hydrogen) atoms. The molecule has 2 unspecified atom stereocenters. The molecule has 0 saturated carbocycles. The second-order valence-electron chi connectivity index (χ2n) is 4.60. The van der Waals surface area contributed by atoms with Gasteiger partial charge < -0.3 is 20.9 Å². The molecule has 0 saturated heterocycles. The maximum atomic E-state index is 12.2. The summed E-state index contributed by atoms with van der Waals surface area (Å²) >= 11 is 0. The molecule has 2 rings (SSSR count). The van der Waals surface area contributed by atoms with Crippen LogP contribution < -0.4 is 20.7 Å². The van der Waals surface area contributed by atoms with Crippen LogP contribution in [0.2, 0.25) is 0 Å². The highest BCUT2D eigenvalue weighted by Gasteiger charge is 2.34. The minimum absolute atomic E-state index is 0.163. The van der Waals surface area contributed by atoms with Crippen molar-refractivity contribution in [1.29, 1.82) is 0 Å². The number of primary amides is 1. The smallest absolute Gasteiger partial charge is 0.346 e. The second-order valence-corrected chi connectivity index (χ2v) is 4.60. The number of hydrogen-bond acceptors (Lipinski definition) is 4. The molecule has 4 N–H and O–H groups in total. The summed E-state index contributed by atoms with van der Waals surface area (Å²) < 4.78 is 5.31. The van der Waals surface area contributed by atoms with Gasteiger partial charge in [0, 0.05) is 0 Å². The molecule has 1 aliphatic heterocycles. The quantitative estimate of drug-likeness (QED) is 0.719. The molecular formula is C13H15N3O5. The van der Waals surface area contributed by atoms with E-state index in [9.17, 15) is 14.4 Å². The second kappa shape index (κ2) is 5.70. The third kappa shape index (κ3) is 3.04. The molecule has 1 aromatic rings. The zero-order chi connectivity index (χ0) is 15.6. The first-order valence-electron chi connectivity index (χ1n) is 6.26. The third-order valence-corrected chi connectivity index (χ3v) is 3.06. The van der Waals surface area contributed by atoms with E-state index in [0.717, 1.165) is 0 Å². The van der Waals surface area contributed by atoms with Gasteiger partial charge >= 0.3 is 12.0 Å². The van der Waals surface area contributed by atoms with Crippen LogP contribution in [0.4, 0.5) is 10.5 Å². The Morgan fingerprint density at radius 3 is 2.71 bits per heavy atom. The highest BCUT2D eigenvalue weighted by molar-refractivity contribution is 5.97. The van der Waals surface area contributed by atoms with E-state index in [1.165, 1.54) is 11.8 Å². The van der Waals surface area contributed by atoms with Crippen LogP contribution in [-0.2, 0) is 9.59 Å². The summed E-state index contributed by atoms with van der Waals surface area (Å²) in [6.45, 7) is 1.28. The summed E-state index contributed by atoms with van der Waals surface area (Å²) in [6.07, 6.45) is -1.17. The van der Waals surface area contributed by atoms with Gasteiger partial charge in [-0.15, -0.1) is 0 Å². The lowest BCUT2D eigenvalue weighted by atomic mass is 10.2. The molecule has 1 aromatic carbocycles. The fourth-order valence-electron chi connectivity index (χ4n) is 1.89. The Bertz CT molecular complexity index is 589. The number of nitrogens with zero attached hydrogens (tertiary/aromatic N) is 1. The topological polar surface area (TPSA) is 122 Å². The highest BCUT2D eigenvalue weighted by atomic mass is 16.5. The number of carboxylic acid groups (broad SMARTS) is 1. The monoisotopic (exact) mass is 293 g/mol. The number of fused-ring (bicyclic) bond motifs is 1. The van der Waals surface area contributed by atoms with Crippen LogP contribution in [0.3, 0.4) is 0 Å². The molecule has 1 heterocycles. The van der Waals surface area contributed by atoms with Crippen molar-refractivity contribution in [2.24, 2.45) is 5.73 Å². The summed E-state index contributed by atoms with van der Waals surface area (Å²) in [6, 6.07) is 5.09. The number of anilines is 1. The van der Waals surface area contributed by atoms with E-state index in [4.69, 9.17) is 15.6 Å². The Balaban J connectivity index is 2.27. The fraction of sp³-hybridized carbons (Fsp3) is 0.308. The van der Waals surface area contributed by atoms with E-state index in [1.807, 2.05) is 0 Å². The number of benzene rings is 1. The molecule has 0 fully saturated rings. The predicted octanol–water partition coefficient (Wildman–Crippen LogP) is -0.0780. The van der Waals surface area contributed by atoms with Gasteiger partial charge in [0.25, 0.3) is 0 Å². The number of urea groups is 1. The van der Waals surface area contributed by atoms with Gasteiger partial charge in [0.1, 0.15) is 11.8 Å². The van der Waals surface area contributed by atoms with Crippen molar-refractivity contribution >= 4 is 23.6 Å². The van der Waals surface area contributed by atoms with Crippen LogP contribution in [-0.4, -0.2) is 41.7 Å². The molecule has 1 aliphatic rings. The lowest BCUT2D eigenvalue weighted by Crippen LogP contribution is -2.54. The number of hydrogen-bond donors (Lipinski definition) is 3. The summed E-state index contributed by atoms with van der Waals surface area (Å²) in [4.78, 5) is 35.5. The first-order chi connectivity index (χ1) is 9.90. The van der Waals surface area contributed by atoms with Gasteiger partial charge in [-0.1, -0.05) is 12.1 Å². The van der Waals surface area contributed by atoms with Crippen molar-refractivity contribution in [3.05, 3.63) is 24.3 Å². The van der Waals surface area contributed by atoms with Crippen LogP contribution in [0.15, 0.2) is 24.3 Å². The summed E-state index contributed by atoms with van der Waals surface area (Å²) in [5, 5.41) is 11.5. The van der Waals surface area contributed by atoms with Gasteiger partial charge in [0.15, 0.2) is 0 Å². The fourth-order valence-corrected chi connectivity index (χ4v) is 1.89. The van der Waals surface area contributed by atoms with Crippen LogP contribution in [0, 0.1) is 0 Å². The predicted molar refractivity (Wildman–Crippen MR) is 73.0 cm³/mol. The largest absolute Gasteiger partial charge is 0.478 e. The van der Waals surface area contributed by atoms with Gasteiger partial charge in [0.2, 0.25) is 12.0 Å². The first-order valence-corrected chi connectivity index (χ1v) is 6.26. The molecule has 2 atom stereocenters. The lowest BCUT2D eigenvalue weighted by Gasteiger charge is -2.33. The number of rotatable bonds is 3. The minimum atomic E-state index is -1.18. The molecule has 0 spiro atoms. The van der Waals surface area contributed by atoms with Crippen LogP contribution >= 0.6 is 0 Å². The first kappa shape index (κ1) is 14.6. The Labute approximate surface area is 120 Å². The normalized spacial score (nSPS) is 18.1. The average molecular weight is 293 g/mol. The maximum Gasteiger partial charge on any atom is 0.346 e. The molecule has 8 heteroatoms. The van der Waals surface area contributed by atoms with E-state index in [2.05, 4.69) is 5.32 Å². The summed E-state index contributed by atoms with van der Waals surface area (Å²) in [5.41, 5.74) is 5.53. The molecule has 3 amide bonds. The Morgan fingerprint density at radius 1 is 1.43 bits per heavy atom. The number of carboxylic acids is 1. The number of nitrogens with one attached hydrogen (secondary N) is 1. The van der Waals surface area contributed by atoms with E-state index in [-0.39, 0.29) is 12.3 Å². The average Bonchev–Trinajstić information content (AvgIpc) is 2.45. The molecule has 0 bridgehead atoms. The molecule has 112 valence electrons. The Hall–Kier alpha value is -2.77. The van der Waals surface area contributed by atoms with Crippen LogP contribution in [0.5, 0.6) is 5.75 Å². The summed E-state index contributed by atoms with van der Waals surface area (Å²) in [5.74, 6) is -1.57. The van der Waals surface area contributed by atoms with E-state index >= 15 is 0 Å². The number of para-hydroxylation sites is 2. The Morgan fingerprint density at radius 2 is 2.10 bits per heavy atom. The van der Waals surface area contributed by atoms with E-state index < -0.39 is 30.1 Å². The maximum absolute atomic E-state index is 12.2. The van der Waals surface area contributed by atoms with E-state index in [0.29, 0.717) is 5.69 Å². The standard InChI is InChI=1S/C13H15N3O5/c1-7(11(14)17)15-13(20)16-6-10(12(18)19)21-9-5-3-2-4-8(9)16/h2-5,7,10H,6H2,1H3,(H2,14,17)(H,15,20)(H,18,19). The number of carbonyl (C=O) groups is 3. The van der Waals surface area contributed by atoms with Gasteiger partial charge in [-0.2, -0.15) is 0 Å². The minimum Gasteiger partial charge on any atom is -0.478 e. The van der Waals surface area contributed by atoms with Crippen molar-refractivity contribution in [3.63, 3.8) is 0 Å². The molecular weight excluding hydrogens is 278 g/mol. The molecule has 0 aliphatic carbocycles. The van der Waals surface area contributed by atoms with Crippen molar-refractivity contribution in [2.75, 3.05) is 11.4 Å². The van der Waals surface area contributed by atoms with Gasteiger partial charge in [-0.25, -0.2) is 9.59 Å². The van der Waals surface area contributed by atoms with Crippen molar-refractivity contribution in [1.82, 2.24) is 5.32 Å². The van der Waals surface area contributed by atoms with Gasteiger partial charge in [-0.3, -0.25) is 9.69 Å². The van der Waals surface area contributed by atoms with Crippen molar-refractivity contribution < 1.29 is 24.2 Å². The molecule has 0 aromatic heterocycles.